The molecule has 0 radical (unpaired) electrons. The standard InChI is InChI=1S/C11H16N2O2S2/c1-8-10(13-7-15-8)5-12-11(14)4-9-6-16-2-3-17-9/h7,9H,2-6H2,1H3,(H,12,14)/t9-/m1/s1. The van der Waals surface area contributed by atoms with E-state index in [1.807, 2.05) is 30.4 Å². The second kappa shape index (κ2) is 6.35. The number of carbonyl (C=O) groups excluding carboxylic acids is 1. The zero-order valence-electron chi connectivity index (χ0n) is 9.77. The molecule has 2 heterocycles. The average Bonchev–Trinajstić information content (AvgIpc) is 2.74. The minimum Gasteiger partial charge on any atom is -0.448 e. The Morgan fingerprint density at radius 2 is 2.53 bits per heavy atom. The Morgan fingerprint density at radius 1 is 1.65 bits per heavy atom. The summed E-state index contributed by atoms with van der Waals surface area (Å²) in [4.78, 5) is 15.8. The molecule has 4 nitrogen and oxygen atoms in total. The van der Waals surface area contributed by atoms with E-state index in [1.165, 1.54) is 12.1 Å². The van der Waals surface area contributed by atoms with Gasteiger partial charge in [-0.05, 0) is 6.92 Å². The molecule has 1 aliphatic rings. The lowest BCUT2D eigenvalue weighted by molar-refractivity contribution is -0.121. The normalized spacial score (nSPS) is 20.2. The minimum absolute atomic E-state index is 0.104. The molecule has 1 amide bonds. The molecule has 1 aromatic rings. The van der Waals surface area contributed by atoms with Crippen molar-refractivity contribution in [2.24, 2.45) is 0 Å². The largest absolute Gasteiger partial charge is 0.448 e. The Bertz CT molecular complexity index is 375. The number of hydrogen-bond acceptors (Lipinski definition) is 5. The van der Waals surface area contributed by atoms with Crippen molar-refractivity contribution in [3.63, 3.8) is 0 Å². The van der Waals surface area contributed by atoms with Crippen LogP contribution in [0, 0.1) is 6.92 Å². The van der Waals surface area contributed by atoms with Gasteiger partial charge in [-0.2, -0.15) is 23.5 Å². The number of aromatic nitrogens is 1. The molecule has 6 heteroatoms. The first-order valence-electron chi connectivity index (χ1n) is 5.60. The highest BCUT2D eigenvalue weighted by Crippen LogP contribution is 2.26. The number of aryl methyl sites for hydroxylation is 1. The summed E-state index contributed by atoms with van der Waals surface area (Å²) in [7, 11) is 0. The second-order valence-electron chi connectivity index (χ2n) is 3.90. The maximum absolute atomic E-state index is 11.7. The molecule has 0 aliphatic carbocycles. The molecule has 1 aliphatic heterocycles. The summed E-state index contributed by atoms with van der Waals surface area (Å²) in [5.74, 6) is 4.33. The summed E-state index contributed by atoms with van der Waals surface area (Å²) >= 11 is 3.84. The zero-order chi connectivity index (χ0) is 12.1. The van der Waals surface area contributed by atoms with Gasteiger partial charge < -0.3 is 9.73 Å². The molecule has 17 heavy (non-hydrogen) atoms. The summed E-state index contributed by atoms with van der Waals surface area (Å²) in [5, 5.41) is 3.35. The van der Waals surface area contributed by atoms with Crippen LogP contribution in [0.1, 0.15) is 17.9 Å². The third-order valence-corrected chi connectivity index (χ3v) is 5.44. The van der Waals surface area contributed by atoms with Crippen molar-refractivity contribution in [1.82, 2.24) is 10.3 Å². The van der Waals surface area contributed by atoms with Crippen molar-refractivity contribution in [3.8, 4) is 0 Å². The molecular weight excluding hydrogens is 256 g/mol. The van der Waals surface area contributed by atoms with Crippen LogP contribution in [0.3, 0.4) is 0 Å². The summed E-state index contributed by atoms with van der Waals surface area (Å²) in [6, 6.07) is 0. The molecule has 1 saturated heterocycles. The van der Waals surface area contributed by atoms with E-state index in [2.05, 4.69) is 10.3 Å². The highest BCUT2D eigenvalue weighted by atomic mass is 32.2. The van der Waals surface area contributed by atoms with Gasteiger partial charge in [-0.25, -0.2) is 4.98 Å². The number of carbonyl (C=O) groups is 1. The van der Waals surface area contributed by atoms with Crippen molar-refractivity contribution < 1.29 is 9.21 Å². The van der Waals surface area contributed by atoms with Gasteiger partial charge in [-0.15, -0.1) is 0 Å². The predicted molar refractivity (Wildman–Crippen MR) is 71.3 cm³/mol. The predicted octanol–water partition coefficient (Wildman–Crippen LogP) is 1.84. The van der Waals surface area contributed by atoms with Gasteiger partial charge in [0.2, 0.25) is 5.91 Å². The van der Waals surface area contributed by atoms with Crippen LogP contribution in [0.5, 0.6) is 0 Å². The third-order valence-electron chi connectivity index (χ3n) is 2.60. The quantitative estimate of drug-likeness (QED) is 0.906. The van der Waals surface area contributed by atoms with Gasteiger partial charge in [0.05, 0.1) is 6.54 Å². The molecule has 1 N–H and O–H groups in total. The summed E-state index contributed by atoms with van der Waals surface area (Å²) in [6.07, 6.45) is 2.01. The van der Waals surface area contributed by atoms with Crippen molar-refractivity contribution in [2.45, 2.75) is 25.1 Å². The lowest BCUT2D eigenvalue weighted by Gasteiger charge is -2.20. The molecule has 0 spiro atoms. The number of rotatable bonds is 4. The molecule has 0 unspecified atom stereocenters. The number of nitrogens with zero attached hydrogens (tertiary/aromatic N) is 1. The molecule has 1 fully saturated rings. The Labute approximate surface area is 109 Å². The number of nitrogens with one attached hydrogen (secondary N) is 1. The number of hydrogen-bond donors (Lipinski definition) is 1. The SMILES string of the molecule is Cc1ocnc1CNC(=O)C[C@@H]1CSCCS1. The van der Waals surface area contributed by atoms with Gasteiger partial charge in [0.25, 0.3) is 0 Å². The van der Waals surface area contributed by atoms with Crippen LogP contribution in [-0.2, 0) is 11.3 Å². The number of thioether (sulfide) groups is 2. The van der Waals surface area contributed by atoms with Crippen molar-refractivity contribution >= 4 is 29.4 Å². The Balaban J connectivity index is 1.72. The molecule has 2 rings (SSSR count). The van der Waals surface area contributed by atoms with Gasteiger partial charge in [0.1, 0.15) is 11.5 Å². The molecular formula is C11H16N2O2S2. The molecule has 94 valence electrons. The number of amides is 1. The van der Waals surface area contributed by atoms with E-state index in [4.69, 9.17) is 4.42 Å². The van der Waals surface area contributed by atoms with Crippen molar-refractivity contribution in [2.75, 3.05) is 17.3 Å². The Morgan fingerprint density at radius 3 is 3.18 bits per heavy atom. The fourth-order valence-corrected chi connectivity index (χ4v) is 4.29. The highest BCUT2D eigenvalue weighted by molar-refractivity contribution is 8.06. The minimum atomic E-state index is 0.104. The zero-order valence-corrected chi connectivity index (χ0v) is 11.4. The van der Waals surface area contributed by atoms with Gasteiger partial charge in [0, 0.05) is 28.9 Å². The first-order valence-corrected chi connectivity index (χ1v) is 7.81. The lowest BCUT2D eigenvalue weighted by Crippen LogP contribution is -2.28. The van der Waals surface area contributed by atoms with E-state index < -0.39 is 0 Å². The first-order chi connectivity index (χ1) is 8.25. The average molecular weight is 272 g/mol. The molecule has 1 atom stereocenters. The fourth-order valence-electron chi connectivity index (χ4n) is 1.61. The fraction of sp³-hybridized carbons (Fsp3) is 0.636. The van der Waals surface area contributed by atoms with Crippen molar-refractivity contribution in [3.05, 3.63) is 17.8 Å². The van der Waals surface area contributed by atoms with E-state index in [-0.39, 0.29) is 5.91 Å². The third kappa shape index (κ3) is 3.96. The monoisotopic (exact) mass is 272 g/mol. The topological polar surface area (TPSA) is 55.1 Å². The Kier molecular flexibility index (Phi) is 4.79. The lowest BCUT2D eigenvalue weighted by atomic mass is 10.3. The smallest absolute Gasteiger partial charge is 0.221 e. The molecule has 1 aromatic heterocycles. The van der Waals surface area contributed by atoms with E-state index >= 15 is 0 Å². The van der Waals surface area contributed by atoms with Gasteiger partial charge in [-0.1, -0.05) is 0 Å². The second-order valence-corrected chi connectivity index (χ2v) is 6.46. The van der Waals surface area contributed by atoms with Crippen LogP contribution in [-0.4, -0.2) is 33.4 Å². The van der Waals surface area contributed by atoms with Crippen LogP contribution < -0.4 is 5.32 Å². The maximum atomic E-state index is 11.7. The van der Waals surface area contributed by atoms with Crippen LogP contribution in [0.15, 0.2) is 10.8 Å². The number of oxazole rings is 1. The van der Waals surface area contributed by atoms with Crippen LogP contribution in [0.25, 0.3) is 0 Å². The van der Waals surface area contributed by atoms with Crippen molar-refractivity contribution in [1.29, 1.82) is 0 Å². The summed E-state index contributed by atoms with van der Waals surface area (Å²) < 4.78 is 5.08. The van der Waals surface area contributed by atoms with E-state index in [0.29, 0.717) is 18.2 Å². The van der Waals surface area contributed by atoms with Crippen LogP contribution in [0.2, 0.25) is 0 Å². The van der Waals surface area contributed by atoms with Gasteiger partial charge in [-0.3, -0.25) is 4.79 Å². The molecule has 0 bridgehead atoms. The van der Waals surface area contributed by atoms with E-state index in [9.17, 15) is 4.79 Å². The molecule has 0 saturated carbocycles. The van der Waals surface area contributed by atoms with Gasteiger partial charge >= 0.3 is 0 Å². The summed E-state index contributed by atoms with van der Waals surface area (Å²) in [6.45, 7) is 2.31. The van der Waals surface area contributed by atoms with Gasteiger partial charge in [0.15, 0.2) is 6.39 Å². The van der Waals surface area contributed by atoms with E-state index in [0.717, 1.165) is 23.0 Å². The van der Waals surface area contributed by atoms with Crippen LogP contribution >= 0.6 is 23.5 Å². The Hall–Kier alpha value is -0.620. The highest BCUT2D eigenvalue weighted by Gasteiger charge is 2.18. The van der Waals surface area contributed by atoms with Crippen LogP contribution in [0.4, 0.5) is 0 Å². The summed E-state index contributed by atoms with van der Waals surface area (Å²) in [5.41, 5.74) is 0.809. The maximum Gasteiger partial charge on any atom is 0.221 e. The van der Waals surface area contributed by atoms with E-state index in [1.54, 1.807) is 0 Å². The first kappa shape index (κ1) is 12.8. The molecule has 0 aromatic carbocycles.